The smallest absolute Gasteiger partial charge is 0.305 e. The summed E-state index contributed by atoms with van der Waals surface area (Å²) in [6, 6.07) is 6.35. The van der Waals surface area contributed by atoms with Gasteiger partial charge < -0.3 is 19.5 Å². The summed E-state index contributed by atoms with van der Waals surface area (Å²) in [5, 5.41) is 9.65. The van der Waals surface area contributed by atoms with Crippen molar-refractivity contribution in [3.63, 3.8) is 0 Å². The van der Waals surface area contributed by atoms with Crippen LogP contribution in [-0.4, -0.2) is 53.3 Å². The number of likely N-dealkylation sites (tertiary alicyclic amines) is 1. The standard InChI is InChI=1S/C17H22ClNO5/c1-17(2,24-13-6-4-11(18)5-7-13)16(22)19-10-14(23-3)8-12(19)9-15(20)21/h4-7,12,14H,8-10H2,1-3H3,(H,20,21). The molecule has 132 valence electrons. The molecule has 0 aromatic heterocycles. The molecule has 1 saturated heterocycles. The second-order valence-corrected chi connectivity index (χ2v) is 6.81. The lowest BCUT2D eigenvalue weighted by atomic mass is 10.1. The SMILES string of the molecule is COC1CC(CC(=O)O)N(C(=O)C(C)(C)Oc2ccc(Cl)cc2)C1. The summed E-state index contributed by atoms with van der Waals surface area (Å²) in [4.78, 5) is 25.5. The highest BCUT2D eigenvalue weighted by molar-refractivity contribution is 6.30. The maximum atomic E-state index is 12.9. The number of hydrogen-bond donors (Lipinski definition) is 1. The Labute approximate surface area is 146 Å². The lowest BCUT2D eigenvalue weighted by Gasteiger charge is -2.33. The molecule has 0 aliphatic carbocycles. The number of nitrogens with zero attached hydrogens (tertiary/aromatic N) is 1. The van der Waals surface area contributed by atoms with E-state index in [-0.39, 0.29) is 18.4 Å². The van der Waals surface area contributed by atoms with Crippen LogP contribution >= 0.6 is 11.6 Å². The number of carboxylic acid groups (broad SMARTS) is 1. The Balaban J connectivity index is 2.14. The van der Waals surface area contributed by atoms with Crippen molar-refractivity contribution in [2.24, 2.45) is 0 Å². The zero-order valence-corrected chi connectivity index (χ0v) is 14.7. The topological polar surface area (TPSA) is 76.1 Å². The lowest BCUT2D eigenvalue weighted by Crippen LogP contribution is -2.51. The van der Waals surface area contributed by atoms with Gasteiger partial charge in [0, 0.05) is 24.7 Å². The predicted octanol–water partition coefficient (Wildman–Crippen LogP) is 2.59. The fourth-order valence-electron chi connectivity index (χ4n) is 2.88. The maximum Gasteiger partial charge on any atom is 0.305 e. The molecule has 6 nitrogen and oxygen atoms in total. The van der Waals surface area contributed by atoms with Gasteiger partial charge in [-0.3, -0.25) is 9.59 Å². The first-order valence-electron chi connectivity index (χ1n) is 7.73. The Morgan fingerprint density at radius 2 is 1.96 bits per heavy atom. The van der Waals surface area contributed by atoms with E-state index in [1.807, 2.05) is 0 Å². The van der Waals surface area contributed by atoms with Gasteiger partial charge in [-0.25, -0.2) is 0 Å². The highest BCUT2D eigenvalue weighted by atomic mass is 35.5. The van der Waals surface area contributed by atoms with Gasteiger partial charge in [0.15, 0.2) is 5.60 Å². The molecule has 0 saturated carbocycles. The van der Waals surface area contributed by atoms with Gasteiger partial charge in [0.2, 0.25) is 0 Å². The molecule has 1 N–H and O–H groups in total. The molecule has 1 aliphatic rings. The fourth-order valence-corrected chi connectivity index (χ4v) is 3.00. The van der Waals surface area contributed by atoms with E-state index >= 15 is 0 Å². The second kappa shape index (κ2) is 7.40. The molecular weight excluding hydrogens is 334 g/mol. The molecule has 2 atom stereocenters. The number of carbonyl (C=O) groups excluding carboxylic acids is 1. The molecule has 2 unspecified atom stereocenters. The van der Waals surface area contributed by atoms with Crippen LogP contribution in [0.2, 0.25) is 5.02 Å². The van der Waals surface area contributed by atoms with Crippen molar-refractivity contribution < 1.29 is 24.2 Å². The van der Waals surface area contributed by atoms with E-state index < -0.39 is 17.6 Å². The zero-order valence-electron chi connectivity index (χ0n) is 14.0. The second-order valence-electron chi connectivity index (χ2n) is 6.37. The third-order valence-electron chi connectivity index (χ3n) is 4.08. The Morgan fingerprint density at radius 1 is 1.33 bits per heavy atom. The minimum absolute atomic E-state index is 0.109. The monoisotopic (exact) mass is 355 g/mol. The Kier molecular flexibility index (Phi) is 5.72. The Morgan fingerprint density at radius 3 is 2.50 bits per heavy atom. The van der Waals surface area contributed by atoms with Gasteiger partial charge in [-0.05, 0) is 44.5 Å². The zero-order chi connectivity index (χ0) is 17.9. The first-order chi connectivity index (χ1) is 11.2. The predicted molar refractivity (Wildman–Crippen MR) is 89.3 cm³/mol. The molecule has 1 aromatic rings. The number of halogens is 1. The summed E-state index contributed by atoms with van der Waals surface area (Å²) in [5.74, 6) is -0.677. The van der Waals surface area contributed by atoms with E-state index in [0.29, 0.717) is 23.7 Å². The van der Waals surface area contributed by atoms with E-state index in [9.17, 15) is 9.59 Å². The number of hydrogen-bond acceptors (Lipinski definition) is 4. The van der Waals surface area contributed by atoms with Gasteiger partial charge in [-0.15, -0.1) is 0 Å². The molecule has 7 heteroatoms. The van der Waals surface area contributed by atoms with Gasteiger partial charge in [0.05, 0.1) is 12.5 Å². The summed E-state index contributed by atoms with van der Waals surface area (Å²) in [7, 11) is 1.56. The summed E-state index contributed by atoms with van der Waals surface area (Å²) in [5.41, 5.74) is -1.13. The van der Waals surface area contributed by atoms with Gasteiger partial charge in [0.1, 0.15) is 5.75 Å². The number of aliphatic carboxylic acids is 1. The number of methoxy groups -OCH3 is 1. The van der Waals surface area contributed by atoms with Crippen molar-refractivity contribution in [1.82, 2.24) is 4.90 Å². The molecule has 0 radical (unpaired) electrons. The van der Waals surface area contributed by atoms with Crippen molar-refractivity contribution in [2.45, 2.75) is 44.4 Å². The summed E-state index contributed by atoms with van der Waals surface area (Å²) >= 11 is 5.85. The number of carbonyl (C=O) groups is 2. The van der Waals surface area contributed by atoms with Gasteiger partial charge in [-0.2, -0.15) is 0 Å². The van der Waals surface area contributed by atoms with Crippen LogP contribution < -0.4 is 4.74 Å². The van der Waals surface area contributed by atoms with E-state index in [2.05, 4.69) is 0 Å². The molecule has 0 bridgehead atoms. The van der Waals surface area contributed by atoms with Crippen LogP contribution in [0.25, 0.3) is 0 Å². The van der Waals surface area contributed by atoms with Gasteiger partial charge in [-0.1, -0.05) is 11.6 Å². The van der Waals surface area contributed by atoms with E-state index in [0.717, 1.165) is 0 Å². The van der Waals surface area contributed by atoms with Gasteiger partial charge >= 0.3 is 5.97 Å². The summed E-state index contributed by atoms with van der Waals surface area (Å²) < 4.78 is 11.1. The highest BCUT2D eigenvalue weighted by Gasteiger charge is 2.43. The summed E-state index contributed by atoms with van der Waals surface area (Å²) in [6.45, 7) is 3.70. The molecule has 1 aromatic carbocycles. The van der Waals surface area contributed by atoms with Crippen LogP contribution in [0.15, 0.2) is 24.3 Å². The number of amides is 1. The number of benzene rings is 1. The Hall–Kier alpha value is -1.79. The van der Waals surface area contributed by atoms with Crippen molar-refractivity contribution in [1.29, 1.82) is 0 Å². The minimum Gasteiger partial charge on any atom is -0.481 e. The molecule has 1 fully saturated rings. The van der Waals surface area contributed by atoms with Crippen LogP contribution in [-0.2, 0) is 14.3 Å². The number of ether oxygens (including phenoxy) is 2. The number of rotatable bonds is 6. The van der Waals surface area contributed by atoms with Crippen LogP contribution in [0.3, 0.4) is 0 Å². The van der Waals surface area contributed by atoms with Gasteiger partial charge in [0.25, 0.3) is 5.91 Å². The van der Waals surface area contributed by atoms with Crippen LogP contribution in [0.4, 0.5) is 0 Å². The lowest BCUT2D eigenvalue weighted by molar-refractivity contribution is -0.148. The first kappa shape index (κ1) is 18.5. The molecule has 2 rings (SSSR count). The highest BCUT2D eigenvalue weighted by Crippen LogP contribution is 2.28. The summed E-state index contributed by atoms with van der Waals surface area (Å²) in [6.07, 6.45) is 0.235. The third kappa shape index (κ3) is 4.39. The van der Waals surface area contributed by atoms with E-state index in [1.165, 1.54) is 0 Å². The minimum atomic E-state index is -1.13. The average Bonchev–Trinajstić information content (AvgIpc) is 2.90. The van der Waals surface area contributed by atoms with Crippen molar-refractivity contribution in [2.75, 3.05) is 13.7 Å². The van der Waals surface area contributed by atoms with Crippen LogP contribution in [0.5, 0.6) is 5.75 Å². The largest absolute Gasteiger partial charge is 0.481 e. The van der Waals surface area contributed by atoms with Crippen LogP contribution in [0, 0.1) is 0 Å². The van der Waals surface area contributed by atoms with Crippen LogP contribution in [0.1, 0.15) is 26.7 Å². The molecule has 24 heavy (non-hydrogen) atoms. The average molecular weight is 356 g/mol. The molecule has 1 heterocycles. The maximum absolute atomic E-state index is 12.9. The first-order valence-corrected chi connectivity index (χ1v) is 8.11. The molecule has 1 aliphatic heterocycles. The normalized spacial score (nSPS) is 20.9. The quantitative estimate of drug-likeness (QED) is 0.848. The molecular formula is C17H22ClNO5. The molecule has 1 amide bonds. The van der Waals surface area contributed by atoms with E-state index in [4.69, 9.17) is 26.2 Å². The third-order valence-corrected chi connectivity index (χ3v) is 4.33. The number of carboxylic acids is 1. The van der Waals surface area contributed by atoms with Crippen molar-refractivity contribution in [3.8, 4) is 5.75 Å². The fraction of sp³-hybridized carbons (Fsp3) is 0.529. The van der Waals surface area contributed by atoms with Crippen molar-refractivity contribution in [3.05, 3.63) is 29.3 Å². The van der Waals surface area contributed by atoms with E-state index in [1.54, 1.807) is 50.1 Å². The molecule has 0 spiro atoms. The van der Waals surface area contributed by atoms with Crippen molar-refractivity contribution >= 4 is 23.5 Å². The Bertz CT molecular complexity index is 602.